The maximum atomic E-state index is 13.8. The first-order valence-corrected chi connectivity index (χ1v) is 8.65. The number of aromatic nitrogens is 4. The van der Waals surface area contributed by atoms with Gasteiger partial charge in [-0.1, -0.05) is 12.1 Å². The maximum Gasteiger partial charge on any atom is 0.256 e. The van der Waals surface area contributed by atoms with E-state index in [2.05, 4.69) is 30.6 Å². The first-order chi connectivity index (χ1) is 14.2. The molecule has 2 N–H and O–H groups in total. The van der Waals surface area contributed by atoms with Gasteiger partial charge in [-0.25, -0.2) is 14.4 Å². The molecule has 8 nitrogen and oxygen atoms in total. The Hall–Kier alpha value is -4.01. The number of ether oxygens (including phenoxy) is 2. The lowest BCUT2D eigenvalue weighted by Crippen LogP contribution is -2.02. The van der Waals surface area contributed by atoms with Gasteiger partial charge in [0.15, 0.2) is 5.75 Å². The molecule has 0 unspecified atom stereocenters. The molecule has 1 aromatic carbocycles. The zero-order valence-electron chi connectivity index (χ0n) is 15.7. The van der Waals surface area contributed by atoms with Crippen molar-refractivity contribution in [1.82, 2.24) is 19.9 Å². The molecule has 4 rings (SSSR count). The molecule has 0 aliphatic carbocycles. The Labute approximate surface area is 165 Å². The van der Waals surface area contributed by atoms with Crippen LogP contribution >= 0.6 is 0 Å². The molecule has 146 valence electrons. The first-order valence-electron chi connectivity index (χ1n) is 8.65. The summed E-state index contributed by atoms with van der Waals surface area (Å²) in [6, 6.07) is 10.1. The molecule has 4 aromatic rings. The van der Waals surface area contributed by atoms with Crippen molar-refractivity contribution in [1.29, 1.82) is 0 Å². The average Bonchev–Trinajstić information content (AvgIpc) is 2.74. The van der Waals surface area contributed by atoms with E-state index in [1.807, 2.05) is 0 Å². The second kappa shape index (κ2) is 7.93. The third-order valence-corrected chi connectivity index (χ3v) is 4.08. The second-order valence-electron chi connectivity index (χ2n) is 5.99. The fraction of sp³-hybridized carbons (Fsp3) is 0.100. The van der Waals surface area contributed by atoms with Gasteiger partial charge in [-0.2, -0.15) is 4.98 Å². The number of benzene rings is 1. The summed E-state index contributed by atoms with van der Waals surface area (Å²) in [6.07, 6.45) is 4.76. The molecule has 0 saturated carbocycles. The molecule has 0 atom stereocenters. The summed E-state index contributed by atoms with van der Waals surface area (Å²) >= 11 is 0. The topological polar surface area (TPSA) is 94.1 Å². The molecule has 0 radical (unpaired) electrons. The number of nitrogens with one attached hydrogen (secondary N) is 2. The number of pyridine rings is 2. The van der Waals surface area contributed by atoms with Crippen LogP contribution in [0, 0.1) is 5.82 Å². The molecule has 0 fully saturated rings. The number of methoxy groups -OCH3 is 2. The predicted molar refractivity (Wildman–Crippen MR) is 108 cm³/mol. The van der Waals surface area contributed by atoms with Crippen LogP contribution in [0.5, 0.6) is 11.6 Å². The summed E-state index contributed by atoms with van der Waals surface area (Å²) in [5.74, 6) is 1.43. The molecule has 29 heavy (non-hydrogen) atoms. The van der Waals surface area contributed by atoms with Crippen molar-refractivity contribution in [2.24, 2.45) is 0 Å². The summed E-state index contributed by atoms with van der Waals surface area (Å²) in [4.78, 5) is 17.0. The zero-order valence-corrected chi connectivity index (χ0v) is 15.7. The van der Waals surface area contributed by atoms with Crippen LogP contribution in [-0.2, 0) is 0 Å². The third kappa shape index (κ3) is 3.98. The van der Waals surface area contributed by atoms with Gasteiger partial charge in [0.2, 0.25) is 5.95 Å². The monoisotopic (exact) mass is 392 g/mol. The molecule has 0 saturated heterocycles. The molecule has 3 aromatic heterocycles. The lowest BCUT2D eigenvalue weighted by molar-refractivity contribution is 0.343. The molecule has 0 aliphatic heterocycles. The van der Waals surface area contributed by atoms with Gasteiger partial charge in [0.1, 0.15) is 17.2 Å². The fourth-order valence-electron chi connectivity index (χ4n) is 2.76. The van der Waals surface area contributed by atoms with E-state index in [0.717, 1.165) is 0 Å². The van der Waals surface area contributed by atoms with Gasteiger partial charge in [0.05, 0.1) is 38.0 Å². The second-order valence-corrected chi connectivity index (χ2v) is 5.99. The van der Waals surface area contributed by atoms with Gasteiger partial charge in [0.25, 0.3) is 5.88 Å². The van der Waals surface area contributed by atoms with E-state index in [0.29, 0.717) is 45.7 Å². The number of hydrogen-bond donors (Lipinski definition) is 2. The van der Waals surface area contributed by atoms with Crippen LogP contribution in [0.25, 0.3) is 10.9 Å². The van der Waals surface area contributed by atoms with Crippen molar-refractivity contribution in [3.63, 3.8) is 0 Å². The van der Waals surface area contributed by atoms with Gasteiger partial charge >= 0.3 is 0 Å². The van der Waals surface area contributed by atoms with E-state index in [-0.39, 0.29) is 5.82 Å². The van der Waals surface area contributed by atoms with E-state index in [9.17, 15) is 4.39 Å². The Kier molecular flexibility index (Phi) is 5.02. The smallest absolute Gasteiger partial charge is 0.256 e. The SMILES string of the molecule is COc1cc(Nc2nccc(Nc3cnc4c(F)cccc4c3)n2)cnc1OC. The van der Waals surface area contributed by atoms with Crippen molar-refractivity contribution in [2.45, 2.75) is 0 Å². The Morgan fingerprint density at radius 2 is 1.72 bits per heavy atom. The number of anilines is 4. The number of para-hydroxylation sites is 1. The van der Waals surface area contributed by atoms with E-state index in [1.54, 1.807) is 48.9 Å². The molecule has 0 spiro atoms. The number of nitrogens with zero attached hydrogens (tertiary/aromatic N) is 4. The van der Waals surface area contributed by atoms with Crippen molar-refractivity contribution in [3.05, 3.63) is 60.8 Å². The van der Waals surface area contributed by atoms with Crippen molar-refractivity contribution < 1.29 is 13.9 Å². The summed E-state index contributed by atoms with van der Waals surface area (Å²) in [5, 5.41) is 6.91. The highest BCUT2D eigenvalue weighted by Crippen LogP contribution is 2.28. The third-order valence-electron chi connectivity index (χ3n) is 4.08. The lowest BCUT2D eigenvalue weighted by atomic mass is 10.2. The minimum Gasteiger partial charge on any atom is -0.491 e. The van der Waals surface area contributed by atoms with Gasteiger partial charge in [0, 0.05) is 17.6 Å². The fourth-order valence-corrected chi connectivity index (χ4v) is 2.76. The Morgan fingerprint density at radius 1 is 0.897 bits per heavy atom. The summed E-state index contributed by atoms with van der Waals surface area (Å²) in [5.41, 5.74) is 1.65. The van der Waals surface area contributed by atoms with E-state index < -0.39 is 0 Å². The molecular formula is C20H17FN6O2. The van der Waals surface area contributed by atoms with E-state index in [4.69, 9.17) is 9.47 Å². The lowest BCUT2D eigenvalue weighted by Gasteiger charge is -2.11. The minimum atomic E-state index is -0.355. The van der Waals surface area contributed by atoms with Crippen LogP contribution < -0.4 is 20.1 Å². The van der Waals surface area contributed by atoms with Crippen LogP contribution in [0.15, 0.2) is 55.0 Å². The van der Waals surface area contributed by atoms with Crippen LogP contribution in [0.2, 0.25) is 0 Å². The Balaban J connectivity index is 1.55. The highest BCUT2D eigenvalue weighted by Gasteiger charge is 2.08. The zero-order chi connectivity index (χ0) is 20.2. The predicted octanol–water partition coefficient (Wildman–Crippen LogP) is 4.06. The summed E-state index contributed by atoms with van der Waals surface area (Å²) in [6.45, 7) is 0. The maximum absolute atomic E-state index is 13.8. The molecule has 3 heterocycles. The quantitative estimate of drug-likeness (QED) is 0.507. The highest BCUT2D eigenvalue weighted by atomic mass is 19.1. The molecule has 0 bridgehead atoms. The number of halogens is 1. The Bertz CT molecular complexity index is 1170. The number of fused-ring (bicyclic) bond motifs is 1. The largest absolute Gasteiger partial charge is 0.491 e. The van der Waals surface area contributed by atoms with Gasteiger partial charge < -0.3 is 20.1 Å². The Morgan fingerprint density at radius 3 is 2.55 bits per heavy atom. The first kappa shape index (κ1) is 18.4. The van der Waals surface area contributed by atoms with Crippen molar-refractivity contribution >= 4 is 34.0 Å². The van der Waals surface area contributed by atoms with Gasteiger partial charge in [-0.05, 0) is 18.2 Å². The van der Waals surface area contributed by atoms with Crippen molar-refractivity contribution in [3.8, 4) is 11.6 Å². The van der Waals surface area contributed by atoms with Crippen LogP contribution in [-0.4, -0.2) is 34.2 Å². The average molecular weight is 392 g/mol. The molecule has 9 heteroatoms. The van der Waals surface area contributed by atoms with Gasteiger partial charge in [-0.15, -0.1) is 0 Å². The number of rotatable bonds is 6. The van der Waals surface area contributed by atoms with Gasteiger partial charge in [-0.3, -0.25) is 4.98 Å². The van der Waals surface area contributed by atoms with Crippen LogP contribution in [0.4, 0.5) is 27.5 Å². The van der Waals surface area contributed by atoms with Crippen LogP contribution in [0.1, 0.15) is 0 Å². The molecule has 0 amide bonds. The minimum absolute atomic E-state index is 0.323. The molecule has 0 aliphatic rings. The summed E-state index contributed by atoms with van der Waals surface area (Å²) in [7, 11) is 3.06. The van der Waals surface area contributed by atoms with E-state index in [1.165, 1.54) is 20.3 Å². The normalized spacial score (nSPS) is 10.6. The highest BCUT2D eigenvalue weighted by molar-refractivity contribution is 5.82. The molecular weight excluding hydrogens is 375 g/mol. The van der Waals surface area contributed by atoms with Crippen molar-refractivity contribution in [2.75, 3.05) is 24.9 Å². The standard InChI is InChI=1S/C20H17FN6O2/c1-28-16-9-14(11-24-19(16)29-2)26-20-22-7-6-17(27-20)25-13-8-12-4-3-5-15(21)18(12)23-10-13/h3-11H,1-2H3,(H2,22,25,26,27). The van der Waals surface area contributed by atoms with Crippen LogP contribution in [0.3, 0.4) is 0 Å². The van der Waals surface area contributed by atoms with E-state index >= 15 is 0 Å². The summed E-state index contributed by atoms with van der Waals surface area (Å²) < 4.78 is 24.1. The number of hydrogen-bond acceptors (Lipinski definition) is 8.